The molecule has 2 atom stereocenters. The number of carbonyl (C=O) groups is 1. The van der Waals surface area contributed by atoms with E-state index in [1.807, 2.05) is 18.9 Å². The average Bonchev–Trinajstić information content (AvgIpc) is 2.32. The molecule has 0 aliphatic carbocycles. The maximum atomic E-state index is 12.1. The standard InChI is InChI=1S/C11H22N2O2/c1-4-13-7-5-9(2)12(3)10(6-8-14)11(13)15/h9-10,14H,4-8H2,1-3H3. The lowest BCUT2D eigenvalue weighted by molar-refractivity contribution is -0.135. The van der Waals surface area contributed by atoms with Crippen LogP contribution in [-0.2, 0) is 4.79 Å². The van der Waals surface area contributed by atoms with Crippen molar-refractivity contribution in [3.05, 3.63) is 0 Å². The smallest absolute Gasteiger partial charge is 0.240 e. The van der Waals surface area contributed by atoms with Crippen LogP contribution in [0.5, 0.6) is 0 Å². The van der Waals surface area contributed by atoms with Crippen molar-refractivity contribution in [2.75, 3.05) is 26.7 Å². The molecule has 0 aromatic heterocycles. The Bertz CT molecular complexity index is 221. The van der Waals surface area contributed by atoms with E-state index in [0.29, 0.717) is 12.5 Å². The van der Waals surface area contributed by atoms with Gasteiger partial charge in [-0.25, -0.2) is 0 Å². The molecule has 1 aliphatic heterocycles. The fraction of sp³-hybridized carbons (Fsp3) is 0.909. The number of likely N-dealkylation sites (N-methyl/N-ethyl adjacent to an activating group) is 2. The van der Waals surface area contributed by atoms with Crippen molar-refractivity contribution in [2.45, 2.75) is 38.8 Å². The molecule has 0 radical (unpaired) electrons. The van der Waals surface area contributed by atoms with E-state index in [1.54, 1.807) is 0 Å². The highest BCUT2D eigenvalue weighted by Gasteiger charge is 2.32. The summed E-state index contributed by atoms with van der Waals surface area (Å²) in [6, 6.07) is 0.259. The van der Waals surface area contributed by atoms with Crippen LogP contribution in [0.1, 0.15) is 26.7 Å². The van der Waals surface area contributed by atoms with Crippen LogP contribution in [0.4, 0.5) is 0 Å². The van der Waals surface area contributed by atoms with Crippen LogP contribution >= 0.6 is 0 Å². The summed E-state index contributed by atoms with van der Waals surface area (Å²) < 4.78 is 0. The van der Waals surface area contributed by atoms with Crippen LogP contribution in [-0.4, -0.2) is 59.6 Å². The third kappa shape index (κ3) is 2.69. The van der Waals surface area contributed by atoms with Crippen molar-refractivity contribution in [3.63, 3.8) is 0 Å². The quantitative estimate of drug-likeness (QED) is 0.735. The zero-order valence-electron chi connectivity index (χ0n) is 9.94. The third-order valence-electron chi connectivity index (χ3n) is 3.38. The molecule has 1 aliphatic rings. The van der Waals surface area contributed by atoms with E-state index >= 15 is 0 Å². The van der Waals surface area contributed by atoms with Gasteiger partial charge in [-0.1, -0.05) is 0 Å². The van der Waals surface area contributed by atoms with Gasteiger partial charge in [-0.15, -0.1) is 0 Å². The van der Waals surface area contributed by atoms with Crippen molar-refractivity contribution in [3.8, 4) is 0 Å². The van der Waals surface area contributed by atoms with Gasteiger partial charge in [0, 0.05) is 25.7 Å². The lowest BCUT2D eigenvalue weighted by Gasteiger charge is -2.29. The lowest BCUT2D eigenvalue weighted by Crippen LogP contribution is -2.46. The van der Waals surface area contributed by atoms with Crippen molar-refractivity contribution in [1.82, 2.24) is 9.80 Å². The molecule has 2 unspecified atom stereocenters. The second kappa shape index (κ2) is 5.47. The molecule has 4 nitrogen and oxygen atoms in total. The van der Waals surface area contributed by atoms with Crippen LogP contribution in [0.25, 0.3) is 0 Å². The van der Waals surface area contributed by atoms with Crippen molar-refractivity contribution < 1.29 is 9.90 Å². The largest absolute Gasteiger partial charge is 0.396 e. The molecule has 1 fully saturated rings. The molecular weight excluding hydrogens is 192 g/mol. The van der Waals surface area contributed by atoms with Gasteiger partial charge in [0.05, 0.1) is 6.04 Å². The topological polar surface area (TPSA) is 43.8 Å². The van der Waals surface area contributed by atoms with Crippen LogP contribution in [0, 0.1) is 0 Å². The highest BCUT2D eigenvalue weighted by Crippen LogP contribution is 2.17. The SMILES string of the molecule is CCN1CCC(C)N(C)C(CCO)C1=O. The fourth-order valence-corrected chi connectivity index (χ4v) is 2.11. The zero-order valence-corrected chi connectivity index (χ0v) is 9.94. The average molecular weight is 214 g/mol. The molecule has 1 N–H and O–H groups in total. The lowest BCUT2D eigenvalue weighted by atomic mass is 10.1. The molecule has 1 saturated heterocycles. The Morgan fingerprint density at radius 2 is 2.20 bits per heavy atom. The van der Waals surface area contributed by atoms with E-state index in [1.165, 1.54) is 0 Å². The Hall–Kier alpha value is -0.610. The number of hydrogen-bond donors (Lipinski definition) is 1. The molecule has 1 heterocycles. The van der Waals surface area contributed by atoms with Crippen LogP contribution in [0.15, 0.2) is 0 Å². The van der Waals surface area contributed by atoms with Gasteiger partial charge in [-0.3, -0.25) is 9.69 Å². The summed E-state index contributed by atoms with van der Waals surface area (Å²) in [6.07, 6.45) is 1.55. The number of rotatable bonds is 3. The highest BCUT2D eigenvalue weighted by atomic mass is 16.3. The number of carbonyl (C=O) groups excluding carboxylic acids is 1. The van der Waals surface area contributed by atoms with Gasteiger partial charge >= 0.3 is 0 Å². The first kappa shape index (κ1) is 12.5. The normalized spacial score (nSPS) is 29.3. The molecule has 0 aromatic rings. The van der Waals surface area contributed by atoms with Gasteiger partial charge in [-0.05, 0) is 33.7 Å². The Kier molecular flexibility index (Phi) is 4.54. The van der Waals surface area contributed by atoms with E-state index in [4.69, 9.17) is 5.11 Å². The number of nitrogens with zero attached hydrogens (tertiary/aromatic N) is 2. The summed E-state index contributed by atoms with van der Waals surface area (Å²) in [5.41, 5.74) is 0. The second-order valence-electron chi connectivity index (χ2n) is 4.25. The molecule has 1 rings (SSSR count). The second-order valence-corrected chi connectivity index (χ2v) is 4.25. The molecule has 0 bridgehead atoms. The minimum absolute atomic E-state index is 0.0744. The third-order valence-corrected chi connectivity index (χ3v) is 3.38. The van der Waals surface area contributed by atoms with Gasteiger partial charge in [0.1, 0.15) is 0 Å². The summed E-state index contributed by atoms with van der Waals surface area (Å²) in [4.78, 5) is 16.1. The first-order valence-electron chi connectivity index (χ1n) is 5.73. The molecule has 4 heteroatoms. The molecule has 88 valence electrons. The van der Waals surface area contributed by atoms with Crippen molar-refractivity contribution >= 4 is 5.91 Å². The van der Waals surface area contributed by atoms with Gasteiger partial charge in [-0.2, -0.15) is 0 Å². The van der Waals surface area contributed by atoms with Gasteiger partial charge < -0.3 is 10.0 Å². The minimum Gasteiger partial charge on any atom is -0.396 e. The molecule has 0 aromatic carbocycles. The van der Waals surface area contributed by atoms with Crippen LogP contribution in [0.2, 0.25) is 0 Å². The van der Waals surface area contributed by atoms with Crippen LogP contribution in [0.3, 0.4) is 0 Å². The van der Waals surface area contributed by atoms with Gasteiger partial charge in [0.25, 0.3) is 0 Å². The molecular formula is C11H22N2O2. The Morgan fingerprint density at radius 1 is 1.53 bits per heavy atom. The summed E-state index contributed by atoms with van der Waals surface area (Å²) in [5.74, 6) is 0.165. The Labute approximate surface area is 91.9 Å². The summed E-state index contributed by atoms with van der Waals surface area (Å²) in [7, 11) is 1.97. The summed E-state index contributed by atoms with van der Waals surface area (Å²) in [5, 5.41) is 8.99. The highest BCUT2D eigenvalue weighted by molar-refractivity contribution is 5.82. The molecule has 1 amide bonds. The maximum absolute atomic E-state index is 12.1. The van der Waals surface area contributed by atoms with E-state index in [9.17, 15) is 4.79 Å². The number of amides is 1. The molecule has 15 heavy (non-hydrogen) atoms. The molecule has 0 spiro atoms. The summed E-state index contributed by atoms with van der Waals surface area (Å²) >= 11 is 0. The van der Waals surface area contributed by atoms with Crippen molar-refractivity contribution in [1.29, 1.82) is 0 Å². The zero-order chi connectivity index (χ0) is 11.4. The maximum Gasteiger partial charge on any atom is 0.240 e. The Balaban J connectivity index is 2.80. The summed E-state index contributed by atoms with van der Waals surface area (Å²) in [6.45, 7) is 5.82. The van der Waals surface area contributed by atoms with Crippen molar-refractivity contribution in [2.24, 2.45) is 0 Å². The predicted molar refractivity (Wildman–Crippen MR) is 59.6 cm³/mol. The number of aliphatic hydroxyl groups excluding tert-OH is 1. The van der Waals surface area contributed by atoms with E-state index in [0.717, 1.165) is 19.5 Å². The van der Waals surface area contributed by atoms with E-state index in [-0.39, 0.29) is 18.6 Å². The first-order valence-corrected chi connectivity index (χ1v) is 5.73. The van der Waals surface area contributed by atoms with E-state index in [2.05, 4.69) is 11.8 Å². The number of hydrogen-bond acceptors (Lipinski definition) is 3. The van der Waals surface area contributed by atoms with Crippen LogP contribution < -0.4 is 0 Å². The minimum atomic E-state index is -0.146. The Morgan fingerprint density at radius 3 is 2.73 bits per heavy atom. The first-order chi connectivity index (χ1) is 7.11. The van der Waals surface area contributed by atoms with Gasteiger partial charge in [0.15, 0.2) is 0 Å². The molecule has 0 saturated carbocycles. The fourth-order valence-electron chi connectivity index (χ4n) is 2.11. The number of aliphatic hydroxyl groups is 1. The van der Waals surface area contributed by atoms with Gasteiger partial charge in [0.2, 0.25) is 5.91 Å². The predicted octanol–water partition coefficient (Wildman–Crippen LogP) is 0.310. The van der Waals surface area contributed by atoms with E-state index < -0.39 is 0 Å². The monoisotopic (exact) mass is 214 g/mol.